The maximum absolute atomic E-state index is 12.8. The largest absolute Gasteiger partial charge is 0.292 e. The van der Waals surface area contributed by atoms with Crippen LogP contribution < -0.4 is 0 Å². The van der Waals surface area contributed by atoms with Crippen LogP contribution in [0.5, 0.6) is 0 Å². The Kier molecular flexibility index (Phi) is 2.71. The number of nitrogens with zero attached hydrogens (tertiary/aromatic N) is 1. The molecule has 12 heavy (non-hydrogen) atoms. The Morgan fingerprint density at radius 3 is 2.00 bits per heavy atom. The summed E-state index contributed by atoms with van der Waals surface area (Å²) in [7, 11) is 0. The van der Waals surface area contributed by atoms with Gasteiger partial charge in [-0.3, -0.25) is 4.90 Å². The maximum atomic E-state index is 12.8. The summed E-state index contributed by atoms with van der Waals surface area (Å²) in [4.78, 5) is 1.89. The molecule has 0 N–H and O–H groups in total. The highest BCUT2D eigenvalue weighted by Gasteiger charge is 2.38. The molecule has 0 amide bonds. The van der Waals surface area contributed by atoms with Crippen LogP contribution in [-0.2, 0) is 0 Å². The summed E-state index contributed by atoms with van der Waals surface area (Å²) < 4.78 is 25.6. The summed E-state index contributed by atoms with van der Waals surface area (Å²) in [6.07, 6.45) is -1.64. The van der Waals surface area contributed by atoms with Gasteiger partial charge in [-0.15, -0.1) is 0 Å². The highest BCUT2D eigenvalue weighted by Crippen LogP contribution is 2.26. The normalized spacial score (nSPS) is 32.8. The molecule has 0 spiro atoms. The number of alkyl halides is 2. The minimum absolute atomic E-state index is 0.0643. The first-order chi connectivity index (χ1) is 5.47. The molecule has 0 radical (unpaired) electrons. The highest BCUT2D eigenvalue weighted by atomic mass is 19.2. The van der Waals surface area contributed by atoms with Crippen molar-refractivity contribution < 1.29 is 8.78 Å². The fourth-order valence-electron chi connectivity index (χ4n) is 1.44. The van der Waals surface area contributed by atoms with Crippen molar-refractivity contribution >= 4 is 0 Å². The van der Waals surface area contributed by atoms with Crippen LogP contribution in [0.4, 0.5) is 8.78 Å². The van der Waals surface area contributed by atoms with Gasteiger partial charge in [0, 0.05) is 18.6 Å². The van der Waals surface area contributed by atoms with Gasteiger partial charge in [-0.05, 0) is 20.3 Å². The quantitative estimate of drug-likeness (QED) is 0.624. The molecule has 72 valence electrons. The third kappa shape index (κ3) is 1.76. The molecule has 1 rings (SSSR count). The van der Waals surface area contributed by atoms with Crippen molar-refractivity contribution in [2.75, 3.05) is 13.1 Å². The van der Waals surface area contributed by atoms with E-state index in [0.717, 1.165) is 6.42 Å². The predicted molar refractivity (Wildman–Crippen MR) is 45.7 cm³/mol. The van der Waals surface area contributed by atoms with Crippen molar-refractivity contribution in [3.8, 4) is 0 Å². The number of likely N-dealkylation sites (tertiary alicyclic amines) is 1. The van der Waals surface area contributed by atoms with E-state index in [0.29, 0.717) is 0 Å². The molecule has 1 heterocycles. The second-order valence-corrected chi connectivity index (χ2v) is 4.10. The Labute approximate surface area is 72.7 Å². The first kappa shape index (κ1) is 9.90. The Hall–Kier alpha value is -0.180. The van der Waals surface area contributed by atoms with Crippen molar-refractivity contribution in [1.29, 1.82) is 0 Å². The lowest BCUT2D eigenvalue weighted by Gasteiger charge is -2.34. The minimum atomic E-state index is -1.28. The Morgan fingerprint density at radius 1 is 1.25 bits per heavy atom. The average Bonchev–Trinajstić information content (AvgIpc) is 2.33. The van der Waals surface area contributed by atoms with Gasteiger partial charge < -0.3 is 0 Å². The number of hydrogen-bond donors (Lipinski definition) is 0. The Morgan fingerprint density at radius 2 is 1.67 bits per heavy atom. The third-order valence-electron chi connectivity index (χ3n) is 2.90. The topological polar surface area (TPSA) is 3.24 Å². The lowest BCUT2D eigenvalue weighted by atomic mass is 10.0. The van der Waals surface area contributed by atoms with Crippen LogP contribution in [0.1, 0.15) is 27.2 Å². The zero-order chi connectivity index (χ0) is 9.35. The molecule has 0 aliphatic carbocycles. The fraction of sp³-hybridized carbons (Fsp3) is 1.00. The smallest absolute Gasteiger partial charge is 0.145 e. The molecule has 0 unspecified atom stereocenters. The SMILES string of the molecule is CCC(C)(C)N1C[C@@H](F)[C@@H](F)C1. The second-order valence-electron chi connectivity index (χ2n) is 4.10. The number of rotatable bonds is 2. The van der Waals surface area contributed by atoms with E-state index in [-0.39, 0.29) is 18.6 Å². The van der Waals surface area contributed by atoms with Gasteiger partial charge in [-0.1, -0.05) is 6.92 Å². The lowest BCUT2D eigenvalue weighted by molar-refractivity contribution is 0.136. The van der Waals surface area contributed by atoms with Crippen molar-refractivity contribution in [3.05, 3.63) is 0 Å². The first-order valence-corrected chi connectivity index (χ1v) is 4.50. The van der Waals surface area contributed by atoms with Gasteiger partial charge in [-0.25, -0.2) is 8.78 Å². The Bertz CT molecular complexity index is 149. The van der Waals surface area contributed by atoms with Crippen molar-refractivity contribution in [2.45, 2.75) is 45.1 Å². The molecule has 0 bridgehead atoms. The summed E-state index contributed by atoms with van der Waals surface area (Å²) >= 11 is 0. The van der Waals surface area contributed by atoms with E-state index in [1.54, 1.807) is 0 Å². The van der Waals surface area contributed by atoms with Crippen LogP contribution >= 0.6 is 0 Å². The summed E-state index contributed by atoms with van der Waals surface area (Å²) in [6, 6.07) is 0. The molecule has 2 atom stereocenters. The zero-order valence-electron chi connectivity index (χ0n) is 7.98. The maximum Gasteiger partial charge on any atom is 0.145 e. The minimum Gasteiger partial charge on any atom is -0.292 e. The average molecular weight is 177 g/mol. The molecule has 0 aromatic heterocycles. The first-order valence-electron chi connectivity index (χ1n) is 4.50. The van der Waals surface area contributed by atoms with Crippen LogP contribution in [0.2, 0.25) is 0 Å². The molecule has 1 aliphatic rings. The van der Waals surface area contributed by atoms with Crippen LogP contribution in [0.3, 0.4) is 0 Å². The monoisotopic (exact) mass is 177 g/mol. The van der Waals surface area contributed by atoms with E-state index in [2.05, 4.69) is 0 Å². The summed E-state index contributed by atoms with van der Waals surface area (Å²) in [5.74, 6) is 0. The summed E-state index contributed by atoms with van der Waals surface area (Å²) in [6.45, 7) is 6.60. The van der Waals surface area contributed by atoms with E-state index in [1.807, 2.05) is 25.7 Å². The molecule has 0 saturated carbocycles. The predicted octanol–water partition coefficient (Wildman–Crippen LogP) is 2.17. The third-order valence-corrected chi connectivity index (χ3v) is 2.90. The van der Waals surface area contributed by atoms with Crippen LogP contribution in [-0.4, -0.2) is 35.9 Å². The van der Waals surface area contributed by atoms with Gasteiger partial charge in [-0.2, -0.15) is 0 Å². The molecule has 3 heteroatoms. The highest BCUT2D eigenvalue weighted by molar-refractivity contribution is 4.91. The van der Waals surface area contributed by atoms with Gasteiger partial charge in [0.25, 0.3) is 0 Å². The lowest BCUT2D eigenvalue weighted by Crippen LogP contribution is -2.42. The van der Waals surface area contributed by atoms with Crippen molar-refractivity contribution in [2.24, 2.45) is 0 Å². The summed E-state index contributed by atoms with van der Waals surface area (Å²) in [5.41, 5.74) is -0.0643. The Balaban J connectivity index is 2.56. The standard InChI is InChI=1S/C9H17F2N/c1-4-9(2,3)12-5-7(10)8(11)6-12/h7-8H,4-6H2,1-3H3/t7-,8+. The van der Waals surface area contributed by atoms with Crippen LogP contribution in [0, 0.1) is 0 Å². The molecule has 1 fully saturated rings. The van der Waals surface area contributed by atoms with Gasteiger partial charge in [0.05, 0.1) is 0 Å². The fourth-order valence-corrected chi connectivity index (χ4v) is 1.44. The van der Waals surface area contributed by atoms with E-state index in [9.17, 15) is 8.78 Å². The molecule has 1 aliphatic heterocycles. The number of hydrogen-bond acceptors (Lipinski definition) is 1. The van der Waals surface area contributed by atoms with E-state index >= 15 is 0 Å². The zero-order valence-corrected chi connectivity index (χ0v) is 7.98. The van der Waals surface area contributed by atoms with Crippen LogP contribution in [0.15, 0.2) is 0 Å². The van der Waals surface area contributed by atoms with Crippen molar-refractivity contribution in [3.63, 3.8) is 0 Å². The van der Waals surface area contributed by atoms with Gasteiger partial charge in [0.2, 0.25) is 0 Å². The van der Waals surface area contributed by atoms with Gasteiger partial charge in [0.15, 0.2) is 0 Å². The second kappa shape index (κ2) is 3.29. The van der Waals surface area contributed by atoms with Crippen molar-refractivity contribution in [1.82, 2.24) is 4.90 Å². The van der Waals surface area contributed by atoms with E-state index < -0.39 is 12.3 Å². The van der Waals surface area contributed by atoms with Gasteiger partial charge >= 0.3 is 0 Å². The molecule has 1 nitrogen and oxygen atoms in total. The van der Waals surface area contributed by atoms with E-state index in [1.165, 1.54) is 0 Å². The number of halogens is 2. The van der Waals surface area contributed by atoms with E-state index in [4.69, 9.17) is 0 Å². The summed E-state index contributed by atoms with van der Waals surface area (Å²) in [5, 5.41) is 0. The molecular formula is C9H17F2N. The molecule has 1 saturated heterocycles. The molecular weight excluding hydrogens is 160 g/mol. The molecule has 0 aromatic carbocycles. The molecule has 0 aromatic rings. The van der Waals surface area contributed by atoms with Gasteiger partial charge in [0.1, 0.15) is 12.3 Å². The van der Waals surface area contributed by atoms with Crippen LogP contribution in [0.25, 0.3) is 0 Å².